The molecule has 0 saturated carbocycles. The Morgan fingerprint density at radius 1 is 0.600 bits per heavy atom. The smallest absolute Gasteiger partial charge is 0.347 e. The Morgan fingerprint density at radius 2 is 1.11 bits per heavy atom. The summed E-state index contributed by atoms with van der Waals surface area (Å²) in [5, 5.41) is 12.2. The molecule has 0 saturated heterocycles. The van der Waals surface area contributed by atoms with E-state index >= 15 is 0 Å². The largest absolute Gasteiger partial charge is 0.508 e. The van der Waals surface area contributed by atoms with E-state index in [2.05, 4.69) is 45.8 Å². The summed E-state index contributed by atoms with van der Waals surface area (Å²) >= 11 is 3.45. The van der Waals surface area contributed by atoms with E-state index < -0.39 is 22.6 Å². The Kier molecular flexibility index (Phi) is 13.8. The van der Waals surface area contributed by atoms with Gasteiger partial charge in [0.15, 0.2) is 0 Å². The Labute approximate surface area is 402 Å². The summed E-state index contributed by atoms with van der Waals surface area (Å²) in [5.41, 5.74) is 3.47. The van der Waals surface area contributed by atoms with Crippen LogP contribution >= 0.6 is 15.9 Å². The molecule has 0 atom stereocenters. The minimum absolute atomic E-state index is 0.00808. The number of aromatic nitrogens is 6. The third-order valence-electron chi connectivity index (χ3n) is 10.9. The van der Waals surface area contributed by atoms with E-state index in [1.54, 1.807) is 44.6 Å². The van der Waals surface area contributed by atoms with Gasteiger partial charge in [-0.25, -0.2) is 34.1 Å². The second-order valence-corrected chi connectivity index (χ2v) is 15.3. The molecule has 22 heteroatoms. The van der Waals surface area contributed by atoms with Crippen molar-refractivity contribution in [1.82, 2.24) is 29.9 Å². The summed E-state index contributed by atoms with van der Waals surface area (Å²) < 4.78 is 52.6. The third-order valence-corrected chi connectivity index (χ3v) is 11.5. The van der Waals surface area contributed by atoms with Crippen molar-refractivity contribution in [3.8, 4) is 80.3 Å². The number of nitrogens with one attached hydrogen (secondary N) is 1. The average molecular weight is 1020 g/mol. The maximum absolute atomic E-state index is 12.7. The standard InChI is InChI=1S/C17H15BrN2O5.C17H16N2O5.C14H8N2O5/c1-22-9-4-5-10-11(7-18)14(16(21)25-13(10)6-9)12-8-19-17(24-3)20-15(12)23-2;1-9-11-6-5-10(21-2)7-13(11)24-16(20)14(9)12-8-18-17(23-4)19-15(12)22-3;17-6-1-2-7-9-5-20-12-8(4-15-14(19)16-12)11(9)13(18)21-10(7)3-6/h4-6,8H,7H2,1-3H3;5-8H,1-4H3;1-4,17H,5H2,(H,15,16,19). The summed E-state index contributed by atoms with van der Waals surface area (Å²) in [6.45, 7) is 1.96. The lowest BCUT2D eigenvalue weighted by molar-refractivity contribution is 0.288. The van der Waals surface area contributed by atoms with E-state index in [1.165, 1.54) is 59.2 Å². The molecule has 0 aliphatic carbocycles. The lowest BCUT2D eigenvalue weighted by Gasteiger charge is -2.19. The number of aromatic amines is 1. The lowest BCUT2D eigenvalue weighted by Crippen LogP contribution is -2.20. The molecule has 1 aliphatic heterocycles. The van der Waals surface area contributed by atoms with Gasteiger partial charge in [-0.3, -0.25) is 4.98 Å². The number of methoxy groups -OCH3 is 6. The minimum atomic E-state index is -0.568. The van der Waals surface area contributed by atoms with Crippen molar-refractivity contribution in [2.45, 2.75) is 18.9 Å². The van der Waals surface area contributed by atoms with E-state index in [-0.39, 0.29) is 47.6 Å². The molecule has 0 bridgehead atoms. The van der Waals surface area contributed by atoms with Gasteiger partial charge in [-0.1, -0.05) is 15.9 Å². The Bertz CT molecular complexity index is 3720. The first-order valence-electron chi connectivity index (χ1n) is 20.6. The first-order chi connectivity index (χ1) is 33.8. The van der Waals surface area contributed by atoms with Crippen LogP contribution in [0.5, 0.6) is 46.9 Å². The van der Waals surface area contributed by atoms with Crippen LogP contribution in [0.4, 0.5) is 0 Å². The van der Waals surface area contributed by atoms with Crippen molar-refractivity contribution in [2.75, 3.05) is 42.7 Å². The maximum Gasteiger partial charge on any atom is 0.347 e. The Balaban J connectivity index is 0.000000142. The maximum atomic E-state index is 12.7. The molecular formula is C48H39BrN6O15. The number of nitrogens with zero attached hydrogens (tertiary/aromatic N) is 5. The highest BCUT2D eigenvalue weighted by molar-refractivity contribution is 9.08. The molecule has 2 N–H and O–H groups in total. The van der Waals surface area contributed by atoms with Gasteiger partial charge in [0, 0.05) is 63.8 Å². The molecule has 9 aromatic rings. The summed E-state index contributed by atoms with van der Waals surface area (Å²) in [5.74, 6) is 1.90. The molecule has 70 heavy (non-hydrogen) atoms. The number of H-pyrrole nitrogens is 1. The summed E-state index contributed by atoms with van der Waals surface area (Å²) in [6.07, 6.45) is 4.26. The lowest BCUT2D eigenvalue weighted by atomic mass is 9.99. The molecule has 0 amide bonds. The SMILES string of the molecule is COc1ccc2c(C)c(-c3cnc(OC)nc3OC)c(=O)oc2c1.COc1ccc2c(CBr)c(-c3cnc(OC)nc3OC)c(=O)oc2c1.O=c1ncc2c([nH]1)OCc1c-2c(=O)oc2cc(O)ccc12. The van der Waals surface area contributed by atoms with Gasteiger partial charge in [-0.05, 0) is 54.4 Å². The number of phenols is 1. The minimum Gasteiger partial charge on any atom is -0.508 e. The quantitative estimate of drug-likeness (QED) is 0.110. The monoisotopic (exact) mass is 1020 g/mol. The molecule has 10 rings (SSSR count). The van der Waals surface area contributed by atoms with Crippen LogP contribution in [0, 0.1) is 6.92 Å². The highest BCUT2D eigenvalue weighted by Crippen LogP contribution is 2.38. The number of fused-ring (bicyclic) bond motifs is 7. The number of ether oxygens (including phenoxy) is 7. The Hall–Kier alpha value is -8.79. The van der Waals surface area contributed by atoms with Crippen LogP contribution in [-0.2, 0) is 11.9 Å². The number of alkyl halides is 1. The van der Waals surface area contributed by atoms with Gasteiger partial charge < -0.3 is 51.5 Å². The van der Waals surface area contributed by atoms with E-state index in [4.69, 9.17) is 46.4 Å². The van der Waals surface area contributed by atoms with Crippen molar-refractivity contribution in [3.63, 3.8) is 0 Å². The number of rotatable bonds is 9. The van der Waals surface area contributed by atoms with Crippen LogP contribution in [-0.4, -0.2) is 77.7 Å². The predicted octanol–water partition coefficient (Wildman–Crippen LogP) is 6.90. The summed E-state index contributed by atoms with van der Waals surface area (Å²) in [4.78, 5) is 71.1. The molecule has 0 spiro atoms. The molecule has 1 aliphatic rings. The number of hydrogen-bond donors (Lipinski definition) is 2. The number of benzene rings is 3. The van der Waals surface area contributed by atoms with Crippen LogP contribution in [0.25, 0.3) is 66.3 Å². The zero-order valence-corrected chi connectivity index (χ0v) is 39.7. The van der Waals surface area contributed by atoms with E-state index in [9.17, 15) is 24.3 Å². The average Bonchev–Trinajstić information content (AvgIpc) is 3.37. The summed E-state index contributed by atoms with van der Waals surface area (Å²) in [6, 6.07) is 15.5. The van der Waals surface area contributed by atoms with Crippen LogP contribution in [0.1, 0.15) is 16.7 Å². The van der Waals surface area contributed by atoms with Crippen molar-refractivity contribution < 1.29 is 51.5 Å². The fourth-order valence-electron chi connectivity index (χ4n) is 7.60. The zero-order valence-electron chi connectivity index (χ0n) is 38.1. The first kappa shape index (κ1) is 47.7. The van der Waals surface area contributed by atoms with Gasteiger partial charge in [-0.15, -0.1) is 0 Å². The van der Waals surface area contributed by atoms with Crippen LogP contribution in [0.15, 0.2) is 106 Å². The fourth-order valence-corrected chi connectivity index (χ4v) is 8.18. The third kappa shape index (κ3) is 9.13. The van der Waals surface area contributed by atoms with E-state index in [1.807, 2.05) is 19.1 Å². The van der Waals surface area contributed by atoms with Gasteiger partial charge >= 0.3 is 34.6 Å². The second-order valence-electron chi connectivity index (χ2n) is 14.7. The molecule has 3 aromatic carbocycles. The normalized spacial score (nSPS) is 11.3. The van der Waals surface area contributed by atoms with Gasteiger partial charge in [0.1, 0.15) is 40.6 Å². The number of aryl methyl sites for hydroxylation is 1. The van der Waals surface area contributed by atoms with Crippen LogP contribution in [0.2, 0.25) is 0 Å². The number of halogens is 1. The molecule has 7 heterocycles. The fraction of sp³-hybridized carbons (Fsp3) is 0.188. The molecule has 0 unspecified atom stereocenters. The highest BCUT2D eigenvalue weighted by atomic mass is 79.9. The zero-order chi connectivity index (χ0) is 49.8. The van der Waals surface area contributed by atoms with Crippen molar-refractivity contribution >= 4 is 48.8 Å². The van der Waals surface area contributed by atoms with E-state index in [0.717, 1.165) is 21.9 Å². The van der Waals surface area contributed by atoms with Gasteiger partial charge in [0.25, 0.3) is 0 Å². The highest BCUT2D eigenvalue weighted by Gasteiger charge is 2.26. The van der Waals surface area contributed by atoms with Crippen LogP contribution < -0.4 is 55.7 Å². The van der Waals surface area contributed by atoms with Crippen molar-refractivity contribution in [3.05, 3.63) is 132 Å². The number of phenolic OH excluding ortho intramolecular Hbond substituents is 1. The summed E-state index contributed by atoms with van der Waals surface area (Å²) in [7, 11) is 8.95. The molecule has 0 fully saturated rings. The van der Waals surface area contributed by atoms with Crippen molar-refractivity contribution in [2.24, 2.45) is 0 Å². The molecule has 21 nitrogen and oxygen atoms in total. The first-order valence-corrected chi connectivity index (χ1v) is 21.7. The predicted molar refractivity (Wildman–Crippen MR) is 256 cm³/mol. The van der Waals surface area contributed by atoms with E-state index in [0.29, 0.717) is 72.3 Å². The van der Waals surface area contributed by atoms with Gasteiger partial charge in [0.2, 0.25) is 17.6 Å². The van der Waals surface area contributed by atoms with Crippen LogP contribution in [0.3, 0.4) is 0 Å². The Morgan fingerprint density at radius 3 is 1.69 bits per heavy atom. The van der Waals surface area contributed by atoms with Gasteiger partial charge in [-0.2, -0.15) is 9.97 Å². The van der Waals surface area contributed by atoms with Gasteiger partial charge in [0.05, 0.1) is 76.0 Å². The molecule has 0 radical (unpaired) electrons. The topological polar surface area (TPSA) is 273 Å². The number of hydrogen-bond acceptors (Lipinski definition) is 20. The molecular weight excluding hydrogens is 980 g/mol. The van der Waals surface area contributed by atoms with Crippen molar-refractivity contribution in [1.29, 1.82) is 0 Å². The molecule has 6 aromatic heterocycles. The number of aromatic hydroxyl groups is 1. The molecule has 358 valence electrons. The second kappa shape index (κ2) is 20.2.